The molecule has 0 aromatic carbocycles. The fourth-order valence-corrected chi connectivity index (χ4v) is 2.97. The lowest BCUT2D eigenvalue weighted by atomic mass is 10.0. The van der Waals surface area contributed by atoms with Gasteiger partial charge in [0.05, 0.1) is 12.0 Å². The summed E-state index contributed by atoms with van der Waals surface area (Å²) in [4.78, 5) is 4.52. The van der Waals surface area contributed by atoms with Gasteiger partial charge in [-0.2, -0.15) is 4.98 Å². The fourth-order valence-electron chi connectivity index (χ4n) is 2.97. The predicted molar refractivity (Wildman–Crippen MR) is 69.4 cm³/mol. The van der Waals surface area contributed by atoms with Crippen molar-refractivity contribution in [3.05, 3.63) is 11.7 Å². The minimum atomic E-state index is -0.435. The highest BCUT2D eigenvalue weighted by atomic mass is 16.5. The Bertz CT molecular complexity index is 376. The van der Waals surface area contributed by atoms with Gasteiger partial charge in [-0.1, -0.05) is 25.4 Å². The summed E-state index contributed by atoms with van der Waals surface area (Å²) >= 11 is 0. The largest absolute Gasteiger partial charge is 0.393 e. The van der Waals surface area contributed by atoms with Gasteiger partial charge in [0.25, 0.3) is 0 Å². The fraction of sp³-hybridized carbons (Fsp3) is 0.857. The second kappa shape index (κ2) is 5.83. The van der Waals surface area contributed by atoms with Gasteiger partial charge in [0.2, 0.25) is 5.89 Å². The molecular weight excluding hydrogens is 228 g/mol. The van der Waals surface area contributed by atoms with E-state index in [4.69, 9.17) is 4.52 Å². The lowest BCUT2D eigenvalue weighted by molar-refractivity contribution is 0.141. The van der Waals surface area contributed by atoms with Gasteiger partial charge in [0, 0.05) is 5.92 Å². The molecule has 1 aliphatic rings. The Balaban J connectivity index is 2.06. The summed E-state index contributed by atoms with van der Waals surface area (Å²) in [6.45, 7) is 6.06. The number of nitrogens with zero attached hydrogens (tertiary/aromatic N) is 2. The van der Waals surface area contributed by atoms with Gasteiger partial charge in [-0.15, -0.1) is 0 Å². The van der Waals surface area contributed by atoms with Gasteiger partial charge in [-0.05, 0) is 38.5 Å². The normalized spacial score (nSPS) is 27.3. The zero-order valence-corrected chi connectivity index (χ0v) is 11.6. The Morgan fingerprint density at radius 3 is 2.72 bits per heavy atom. The molecule has 1 aliphatic carbocycles. The van der Waals surface area contributed by atoms with Gasteiger partial charge in [-0.25, -0.2) is 0 Å². The number of aliphatic hydroxyl groups is 1. The molecule has 4 nitrogen and oxygen atoms in total. The highest BCUT2D eigenvalue weighted by Crippen LogP contribution is 2.38. The van der Waals surface area contributed by atoms with E-state index in [1.54, 1.807) is 6.92 Å². The van der Waals surface area contributed by atoms with Gasteiger partial charge in [0.1, 0.15) is 0 Å². The van der Waals surface area contributed by atoms with Crippen molar-refractivity contribution < 1.29 is 9.63 Å². The maximum absolute atomic E-state index is 9.69. The summed E-state index contributed by atoms with van der Waals surface area (Å²) in [5.41, 5.74) is 0. The minimum Gasteiger partial charge on any atom is -0.393 e. The molecule has 4 unspecified atom stereocenters. The maximum Gasteiger partial charge on any atom is 0.232 e. The Morgan fingerprint density at radius 1 is 1.39 bits per heavy atom. The first-order chi connectivity index (χ1) is 8.65. The van der Waals surface area contributed by atoms with Crippen molar-refractivity contribution in [3.8, 4) is 0 Å². The van der Waals surface area contributed by atoms with Gasteiger partial charge < -0.3 is 9.63 Å². The third-order valence-corrected chi connectivity index (χ3v) is 4.28. The quantitative estimate of drug-likeness (QED) is 0.874. The molecule has 4 heteroatoms. The molecule has 0 spiro atoms. The van der Waals surface area contributed by atoms with E-state index in [1.807, 2.05) is 6.92 Å². The van der Waals surface area contributed by atoms with Crippen LogP contribution < -0.4 is 0 Å². The molecular formula is C14H24N2O2. The van der Waals surface area contributed by atoms with Crippen LogP contribution in [0.4, 0.5) is 0 Å². The molecule has 1 heterocycles. The smallest absolute Gasteiger partial charge is 0.232 e. The summed E-state index contributed by atoms with van der Waals surface area (Å²) in [6, 6.07) is 0. The van der Waals surface area contributed by atoms with Crippen LogP contribution in [0.1, 0.15) is 76.4 Å². The van der Waals surface area contributed by atoms with E-state index in [1.165, 1.54) is 25.7 Å². The van der Waals surface area contributed by atoms with E-state index >= 15 is 0 Å². The molecule has 4 atom stereocenters. The molecule has 0 saturated heterocycles. The molecule has 2 rings (SSSR count). The Morgan fingerprint density at radius 2 is 2.17 bits per heavy atom. The van der Waals surface area contributed by atoms with Gasteiger partial charge in [0.15, 0.2) is 5.82 Å². The molecule has 102 valence electrons. The molecule has 1 N–H and O–H groups in total. The molecule has 1 fully saturated rings. The average Bonchev–Trinajstić information content (AvgIpc) is 2.96. The van der Waals surface area contributed by atoms with Crippen LogP contribution in [0.2, 0.25) is 0 Å². The number of hydrogen-bond acceptors (Lipinski definition) is 4. The SMILES string of the molecule is CCC1CCC(c2noc(C(CC)C(C)O)n2)C1. The average molecular weight is 252 g/mol. The number of hydrogen-bond donors (Lipinski definition) is 1. The number of aromatic nitrogens is 2. The van der Waals surface area contributed by atoms with E-state index in [-0.39, 0.29) is 5.92 Å². The van der Waals surface area contributed by atoms with Crippen LogP contribution in [0, 0.1) is 5.92 Å². The standard InChI is InChI=1S/C14H24N2O2/c1-4-10-6-7-11(8-10)13-15-14(18-16-13)12(5-2)9(3)17/h9-12,17H,4-8H2,1-3H3. The van der Waals surface area contributed by atoms with Crippen LogP contribution in [0.5, 0.6) is 0 Å². The highest BCUT2D eigenvalue weighted by molar-refractivity contribution is 5.02. The molecule has 1 aromatic heterocycles. The molecule has 1 aromatic rings. The maximum atomic E-state index is 9.69. The molecule has 0 amide bonds. The van der Waals surface area contributed by atoms with E-state index in [9.17, 15) is 5.11 Å². The summed E-state index contributed by atoms with van der Waals surface area (Å²) in [7, 11) is 0. The summed E-state index contributed by atoms with van der Waals surface area (Å²) in [5, 5.41) is 13.8. The predicted octanol–water partition coefficient (Wildman–Crippen LogP) is 3.24. The van der Waals surface area contributed by atoms with Crippen molar-refractivity contribution in [1.29, 1.82) is 0 Å². The van der Waals surface area contributed by atoms with Gasteiger partial charge >= 0.3 is 0 Å². The molecule has 18 heavy (non-hydrogen) atoms. The lowest BCUT2D eigenvalue weighted by Crippen LogP contribution is -2.14. The zero-order chi connectivity index (χ0) is 13.1. The third-order valence-electron chi connectivity index (χ3n) is 4.28. The van der Waals surface area contributed by atoms with Crippen molar-refractivity contribution in [3.63, 3.8) is 0 Å². The Hall–Kier alpha value is -0.900. The first-order valence-corrected chi connectivity index (χ1v) is 7.17. The van der Waals surface area contributed by atoms with E-state index < -0.39 is 6.10 Å². The van der Waals surface area contributed by atoms with Crippen molar-refractivity contribution in [1.82, 2.24) is 10.1 Å². The second-order valence-corrected chi connectivity index (χ2v) is 5.53. The minimum absolute atomic E-state index is 0.0328. The van der Waals surface area contributed by atoms with Crippen LogP contribution in [-0.4, -0.2) is 21.4 Å². The van der Waals surface area contributed by atoms with Gasteiger partial charge in [-0.3, -0.25) is 0 Å². The van der Waals surface area contributed by atoms with Crippen molar-refractivity contribution in [2.75, 3.05) is 0 Å². The first-order valence-electron chi connectivity index (χ1n) is 7.17. The molecule has 0 aliphatic heterocycles. The zero-order valence-electron chi connectivity index (χ0n) is 11.6. The summed E-state index contributed by atoms with van der Waals surface area (Å²) in [6.07, 6.45) is 5.26. The topological polar surface area (TPSA) is 59.2 Å². The third kappa shape index (κ3) is 2.74. The van der Waals surface area contributed by atoms with Crippen LogP contribution in [0.3, 0.4) is 0 Å². The molecule has 0 bridgehead atoms. The van der Waals surface area contributed by atoms with E-state index in [0.717, 1.165) is 18.2 Å². The molecule has 1 saturated carbocycles. The van der Waals surface area contributed by atoms with Crippen molar-refractivity contribution >= 4 is 0 Å². The molecule has 0 radical (unpaired) electrons. The van der Waals surface area contributed by atoms with Crippen molar-refractivity contribution in [2.24, 2.45) is 5.92 Å². The second-order valence-electron chi connectivity index (χ2n) is 5.53. The van der Waals surface area contributed by atoms with Crippen LogP contribution in [0.15, 0.2) is 4.52 Å². The van der Waals surface area contributed by atoms with Crippen LogP contribution in [-0.2, 0) is 0 Å². The Labute approximate surface area is 109 Å². The van der Waals surface area contributed by atoms with E-state index in [2.05, 4.69) is 17.1 Å². The summed E-state index contributed by atoms with van der Waals surface area (Å²) in [5.74, 6) is 2.69. The Kier molecular flexibility index (Phi) is 4.38. The highest BCUT2D eigenvalue weighted by Gasteiger charge is 2.30. The number of aliphatic hydroxyl groups excluding tert-OH is 1. The summed E-state index contributed by atoms with van der Waals surface area (Å²) < 4.78 is 5.34. The first kappa shape index (κ1) is 13.5. The number of rotatable bonds is 5. The monoisotopic (exact) mass is 252 g/mol. The van der Waals surface area contributed by atoms with Crippen LogP contribution >= 0.6 is 0 Å². The lowest BCUT2D eigenvalue weighted by Gasteiger charge is -2.12. The van der Waals surface area contributed by atoms with Crippen LogP contribution in [0.25, 0.3) is 0 Å². The van der Waals surface area contributed by atoms with E-state index in [0.29, 0.717) is 11.8 Å². The van der Waals surface area contributed by atoms with Crippen molar-refractivity contribution in [2.45, 2.75) is 70.8 Å².